The van der Waals surface area contributed by atoms with Crippen molar-refractivity contribution in [2.75, 3.05) is 11.9 Å². The van der Waals surface area contributed by atoms with Crippen molar-refractivity contribution in [2.45, 2.75) is 20.4 Å². The summed E-state index contributed by atoms with van der Waals surface area (Å²) in [5, 5.41) is 2.73. The summed E-state index contributed by atoms with van der Waals surface area (Å²) in [7, 11) is 0. The first-order valence-corrected chi connectivity index (χ1v) is 9.79. The van der Waals surface area contributed by atoms with Gasteiger partial charge in [0.15, 0.2) is 0 Å². The summed E-state index contributed by atoms with van der Waals surface area (Å²) in [5.41, 5.74) is 0.620. The van der Waals surface area contributed by atoms with E-state index in [1.165, 1.54) is 17.0 Å². The highest BCUT2D eigenvalue weighted by Crippen LogP contribution is 2.20. The second-order valence-corrected chi connectivity index (χ2v) is 7.20. The number of hydrogen-bond acceptors (Lipinski definition) is 4. The van der Waals surface area contributed by atoms with E-state index < -0.39 is 17.0 Å². The predicted molar refractivity (Wildman–Crippen MR) is 115 cm³/mol. The Bertz CT molecular complexity index is 1150. The van der Waals surface area contributed by atoms with E-state index in [4.69, 9.17) is 4.74 Å². The molecule has 1 amide bonds. The van der Waals surface area contributed by atoms with Crippen LogP contribution in [0.4, 0.5) is 5.69 Å². The second kappa shape index (κ2) is 8.91. The molecule has 3 rings (SSSR count). The third-order valence-electron chi connectivity index (χ3n) is 4.24. The van der Waals surface area contributed by atoms with E-state index in [-0.39, 0.29) is 6.54 Å². The van der Waals surface area contributed by atoms with Crippen LogP contribution in [0, 0.1) is 6.92 Å². The van der Waals surface area contributed by atoms with Crippen LogP contribution >= 0.6 is 15.9 Å². The van der Waals surface area contributed by atoms with Gasteiger partial charge in [-0.15, -0.1) is 0 Å². The molecule has 0 saturated carbocycles. The largest absolute Gasteiger partial charge is 0.494 e. The number of carbonyl (C=O) groups is 1. The highest BCUT2D eigenvalue weighted by Gasteiger charge is 2.11. The van der Waals surface area contributed by atoms with Crippen LogP contribution in [-0.4, -0.2) is 21.6 Å². The van der Waals surface area contributed by atoms with Crippen LogP contribution in [0.15, 0.2) is 68.9 Å². The average Bonchev–Trinajstić information content (AvgIpc) is 2.70. The molecule has 0 bridgehead atoms. The molecule has 8 heteroatoms. The van der Waals surface area contributed by atoms with Gasteiger partial charge in [0.05, 0.1) is 6.61 Å². The first kappa shape index (κ1) is 20.6. The van der Waals surface area contributed by atoms with Crippen LogP contribution in [0.25, 0.3) is 5.69 Å². The Hall–Kier alpha value is -3.13. The maximum Gasteiger partial charge on any atom is 0.320 e. The van der Waals surface area contributed by atoms with Gasteiger partial charge in [-0.05, 0) is 61.9 Å². The molecule has 150 valence electrons. The average molecular weight is 458 g/mol. The van der Waals surface area contributed by atoms with Gasteiger partial charge in [-0.1, -0.05) is 15.9 Å². The molecule has 0 unspecified atom stereocenters. The Balaban J connectivity index is 1.78. The molecular formula is C21H20BrN3O4. The minimum absolute atomic E-state index is 0.257. The lowest BCUT2D eigenvalue weighted by Gasteiger charge is -2.11. The molecule has 29 heavy (non-hydrogen) atoms. The van der Waals surface area contributed by atoms with Crippen LogP contribution < -0.4 is 21.2 Å². The van der Waals surface area contributed by atoms with Gasteiger partial charge in [0.1, 0.15) is 12.3 Å². The Kier molecular flexibility index (Phi) is 6.33. The second-order valence-electron chi connectivity index (χ2n) is 6.35. The molecule has 1 N–H and O–H groups in total. The Labute approximate surface area is 175 Å². The zero-order valence-corrected chi connectivity index (χ0v) is 17.6. The number of anilines is 1. The summed E-state index contributed by atoms with van der Waals surface area (Å²) < 4.78 is 8.64. The number of aromatic nitrogens is 2. The van der Waals surface area contributed by atoms with Gasteiger partial charge in [0.25, 0.3) is 0 Å². The molecule has 1 heterocycles. The van der Waals surface area contributed by atoms with Crippen LogP contribution in [0.2, 0.25) is 0 Å². The molecule has 2 aromatic carbocycles. The molecule has 0 aliphatic rings. The van der Waals surface area contributed by atoms with Gasteiger partial charge in [-0.2, -0.15) is 0 Å². The third-order valence-corrected chi connectivity index (χ3v) is 5.13. The molecule has 0 fully saturated rings. The van der Waals surface area contributed by atoms with E-state index >= 15 is 0 Å². The molecular weight excluding hydrogens is 438 g/mol. The van der Waals surface area contributed by atoms with Crippen molar-refractivity contribution in [3.63, 3.8) is 0 Å². The first-order valence-electron chi connectivity index (χ1n) is 9.00. The lowest BCUT2D eigenvalue weighted by molar-refractivity contribution is -0.116. The van der Waals surface area contributed by atoms with E-state index in [9.17, 15) is 14.4 Å². The fourth-order valence-electron chi connectivity index (χ4n) is 2.78. The number of nitrogens with zero attached hydrogens (tertiary/aromatic N) is 2. The Morgan fingerprint density at radius 1 is 1.07 bits per heavy atom. The molecule has 0 radical (unpaired) electrons. The number of aryl methyl sites for hydroxylation is 1. The minimum atomic E-state index is -0.775. The fraction of sp³-hybridized carbons (Fsp3) is 0.190. The van der Waals surface area contributed by atoms with Gasteiger partial charge < -0.3 is 10.1 Å². The van der Waals surface area contributed by atoms with E-state index in [0.29, 0.717) is 23.7 Å². The monoisotopic (exact) mass is 457 g/mol. The number of benzene rings is 2. The van der Waals surface area contributed by atoms with Crippen LogP contribution in [0.5, 0.6) is 5.75 Å². The number of nitrogens with one attached hydrogen (secondary N) is 1. The van der Waals surface area contributed by atoms with Crippen molar-refractivity contribution >= 4 is 27.5 Å². The number of rotatable bonds is 6. The predicted octanol–water partition coefficient (Wildman–Crippen LogP) is 3.11. The summed E-state index contributed by atoms with van der Waals surface area (Å²) >= 11 is 3.40. The summed E-state index contributed by atoms with van der Waals surface area (Å²) in [6, 6.07) is 12.2. The van der Waals surface area contributed by atoms with E-state index in [1.807, 2.05) is 26.0 Å². The highest BCUT2D eigenvalue weighted by atomic mass is 79.9. The standard InChI is InChI=1S/C21H20BrN3O4/c1-3-29-17-7-5-16(6-8-17)25-11-10-24(20(27)21(25)28)13-19(26)23-15-4-9-18(22)14(2)12-15/h4-12H,3,13H2,1-2H3,(H,23,26). The van der Waals surface area contributed by atoms with Crippen molar-refractivity contribution < 1.29 is 9.53 Å². The van der Waals surface area contributed by atoms with Crippen LogP contribution in [0.1, 0.15) is 12.5 Å². The zero-order chi connectivity index (χ0) is 21.0. The molecule has 3 aromatic rings. The SMILES string of the molecule is CCOc1ccc(-n2ccn(CC(=O)Nc3ccc(Br)c(C)c3)c(=O)c2=O)cc1. The van der Waals surface area contributed by atoms with Crippen LogP contribution in [0.3, 0.4) is 0 Å². The third kappa shape index (κ3) is 4.83. The number of hydrogen-bond donors (Lipinski definition) is 1. The number of amides is 1. The summed E-state index contributed by atoms with van der Waals surface area (Å²) in [4.78, 5) is 37.2. The van der Waals surface area contributed by atoms with Crippen molar-refractivity contribution in [3.05, 3.63) is 85.6 Å². The highest BCUT2D eigenvalue weighted by molar-refractivity contribution is 9.10. The van der Waals surface area contributed by atoms with Gasteiger partial charge in [-0.3, -0.25) is 23.5 Å². The normalized spacial score (nSPS) is 10.6. The molecule has 0 spiro atoms. The summed E-state index contributed by atoms with van der Waals surface area (Å²) in [5.74, 6) is 0.282. The molecule has 0 atom stereocenters. The van der Waals surface area contributed by atoms with Gasteiger partial charge >= 0.3 is 11.1 Å². The zero-order valence-electron chi connectivity index (χ0n) is 16.0. The van der Waals surface area contributed by atoms with Gasteiger partial charge in [-0.25, -0.2) is 0 Å². The Morgan fingerprint density at radius 2 is 1.79 bits per heavy atom. The van der Waals surface area contributed by atoms with Gasteiger partial charge in [0, 0.05) is 28.2 Å². The Morgan fingerprint density at radius 3 is 2.45 bits per heavy atom. The lowest BCUT2D eigenvalue weighted by Crippen LogP contribution is -2.41. The number of halogens is 1. The quantitative estimate of drug-likeness (QED) is 0.576. The fourth-order valence-corrected chi connectivity index (χ4v) is 3.03. The van der Waals surface area contributed by atoms with Crippen molar-refractivity contribution in [3.8, 4) is 11.4 Å². The van der Waals surface area contributed by atoms with E-state index in [0.717, 1.165) is 14.6 Å². The molecule has 7 nitrogen and oxygen atoms in total. The van der Waals surface area contributed by atoms with E-state index in [2.05, 4.69) is 21.2 Å². The summed E-state index contributed by atoms with van der Waals surface area (Å²) in [6.45, 7) is 4.07. The molecule has 0 aliphatic heterocycles. The van der Waals surface area contributed by atoms with Crippen LogP contribution in [-0.2, 0) is 11.3 Å². The molecule has 0 saturated heterocycles. The smallest absolute Gasteiger partial charge is 0.320 e. The van der Waals surface area contributed by atoms with Crippen molar-refractivity contribution in [2.24, 2.45) is 0 Å². The maximum atomic E-state index is 12.5. The van der Waals surface area contributed by atoms with Crippen molar-refractivity contribution in [1.82, 2.24) is 9.13 Å². The topological polar surface area (TPSA) is 82.3 Å². The summed E-state index contributed by atoms with van der Waals surface area (Å²) in [6.07, 6.45) is 2.89. The maximum absolute atomic E-state index is 12.5. The van der Waals surface area contributed by atoms with Gasteiger partial charge in [0.2, 0.25) is 5.91 Å². The number of ether oxygens (including phenoxy) is 1. The first-order chi connectivity index (χ1) is 13.9. The number of carbonyl (C=O) groups excluding carboxylic acids is 1. The lowest BCUT2D eigenvalue weighted by atomic mass is 10.2. The van der Waals surface area contributed by atoms with Crippen molar-refractivity contribution in [1.29, 1.82) is 0 Å². The molecule has 1 aromatic heterocycles. The molecule has 0 aliphatic carbocycles. The van der Waals surface area contributed by atoms with E-state index in [1.54, 1.807) is 30.3 Å². The minimum Gasteiger partial charge on any atom is -0.494 e.